The van der Waals surface area contributed by atoms with Gasteiger partial charge in [-0.2, -0.15) is 4.98 Å². The van der Waals surface area contributed by atoms with Gasteiger partial charge in [0.1, 0.15) is 0 Å². The molecule has 3 aromatic rings. The molecule has 2 amide bonds. The smallest absolute Gasteiger partial charge is 0.273 e. The van der Waals surface area contributed by atoms with Crippen molar-refractivity contribution in [2.75, 3.05) is 23.7 Å². The molecule has 1 fully saturated rings. The SMILES string of the molecule is C=CC(=O)N1CCCC(Nc2nnc(C(N)=O)c(Nc3cccc(-c4ncccn4)c3)n2)C1. The van der Waals surface area contributed by atoms with Crippen molar-refractivity contribution in [2.24, 2.45) is 5.73 Å². The van der Waals surface area contributed by atoms with Crippen LogP contribution in [0.1, 0.15) is 23.3 Å². The minimum absolute atomic E-state index is 0.0599. The molecule has 0 radical (unpaired) electrons. The maximum absolute atomic E-state index is 11.9. The highest BCUT2D eigenvalue weighted by molar-refractivity contribution is 5.96. The number of aromatic nitrogens is 5. The first-order valence-corrected chi connectivity index (χ1v) is 10.4. The molecule has 1 aromatic carbocycles. The second-order valence-electron chi connectivity index (χ2n) is 7.45. The summed E-state index contributed by atoms with van der Waals surface area (Å²) < 4.78 is 0. The van der Waals surface area contributed by atoms with Crippen LogP contribution in [-0.4, -0.2) is 61.0 Å². The Labute approximate surface area is 190 Å². The Kier molecular flexibility index (Phi) is 6.48. The van der Waals surface area contributed by atoms with E-state index in [4.69, 9.17) is 5.73 Å². The Morgan fingerprint density at radius 2 is 2.00 bits per heavy atom. The molecule has 1 saturated heterocycles. The van der Waals surface area contributed by atoms with Gasteiger partial charge in [-0.25, -0.2) is 9.97 Å². The van der Waals surface area contributed by atoms with Crippen LogP contribution in [0.5, 0.6) is 0 Å². The first-order chi connectivity index (χ1) is 16.0. The minimum atomic E-state index is -0.757. The van der Waals surface area contributed by atoms with Gasteiger partial charge in [-0.15, -0.1) is 10.2 Å². The van der Waals surface area contributed by atoms with Crippen molar-refractivity contribution in [3.63, 3.8) is 0 Å². The molecule has 11 nitrogen and oxygen atoms in total. The Bertz CT molecular complexity index is 1170. The summed E-state index contributed by atoms with van der Waals surface area (Å²) >= 11 is 0. The van der Waals surface area contributed by atoms with Crippen LogP contribution in [0.4, 0.5) is 17.5 Å². The molecule has 4 rings (SSSR count). The lowest BCUT2D eigenvalue weighted by atomic mass is 10.1. The Morgan fingerprint density at radius 1 is 1.18 bits per heavy atom. The van der Waals surface area contributed by atoms with Gasteiger partial charge >= 0.3 is 0 Å². The van der Waals surface area contributed by atoms with Crippen molar-refractivity contribution >= 4 is 29.3 Å². The number of nitrogens with two attached hydrogens (primary N) is 1. The maximum atomic E-state index is 11.9. The standard InChI is InChI=1S/C22H23N9O2/c1-2-17(32)31-11-4-8-16(13-31)27-22-28-21(18(19(23)33)29-30-22)26-15-7-3-6-14(12-15)20-24-9-5-10-25-20/h2-3,5-7,9-10,12,16H,1,4,8,11,13H2,(H2,23,33)(H2,26,27,28,30). The van der Waals surface area contributed by atoms with E-state index in [0.29, 0.717) is 24.6 Å². The van der Waals surface area contributed by atoms with E-state index in [1.54, 1.807) is 23.4 Å². The molecule has 0 saturated carbocycles. The maximum Gasteiger partial charge on any atom is 0.273 e. The number of carbonyl (C=O) groups is 2. The summed E-state index contributed by atoms with van der Waals surface area (Å²) in [6, 6.07) is 9.03. The topological polar surface area (TPSA) is 152 Å². The highest BCUT2D eigenvalue weighted by Crippen LogP contribution is 2.23. The van der Waals surface area contributed by atoms with E-state index in [2.05, 4.69) is 42.4 Å². The second kappa shape index (κ2) is 9.81. The first-order valence-electron chi connectivity index (χ1n) is 10.4. The summed E-state index contributed by atoms with van der Waals surface area (Å²) in [5.74, 6) is 0.0838. The number of amides is 2. The lowest BCUT2D eigenvalue weighted by Crippen LogP contribution is -2.44. The number of likely N-dealkylation sites (tertiary alicyclic amines) is 1. The summed E-state index contributed by atoms with van der Waals surface area (Å²) in [4.78, 5) is 38.5. The van der Waals surface area contributed by atoms with E-state index >= 15 is 0 Å². The van der Waals surface area contributed by atoms with Gasteiger partial charge in [-0.1, -0.05) is 18.7 Å². The third-order valence-corrected chi connectivity index (χ3v) is 5.11. The zero-order chi connectivity index (χ0) is 23.2. The summed E-state index contributed by atoms with van der Waals surface area (Å²) in [6.07, 6.45) is 6.30. The average Bonchev–Trinajstić information content (AvgIpc) is 2.84. The fraction of sp³-hybridized carbons (Fsp3) is 0.227. The summed E-state index contributed by atoms with van der Waals surface area (Å²) in [5.41, 5.74) is 6.82. The van der Waals surface area contributed by atoms with Gasteiger partial charge < -0.3 is 21.3 Å². The number of hydrogen-bond acceptors (Lipinski definition) is 9. The van der Waals surface area contributed by atoms with Crippen molar-refractivity contribution in [3.05, 3.63) is 61.1 Å². The normalized spacial score (nSPS) is 15.5. The largest absolute Gasteiger partial charge is 0.364 e. The molecule has 4 N–H and O–H groups in total. The lowest BCUT2D eigenvalue weighted by Gasteiger charge is -2.32. The fourth-order valence-corrected chi connectivity index (χ4v) is 3.57. The molecular weight excluding hydrogens is 422 g/mol. The summed E-state index contributed by atoms with van der Waals surface area (Å²) in [5, 5.41) is 14.2. The molecule has 11 heteroatoms. The number of rotatable bonds is 7. The number of hydrogen-bond donors (Lipinski definition) is 3. The minimum Gasteiger partial charge on any atom is -0.364 e. The van der Waals surface area contributed by atoms with Gasteiger partial charge in [0.2, 0.25) is 11.9 Å². The number of nitrogens with zero attached hydrogens (tertiary/aromatic N) is 6. The summed E-state index contributed by atoms with van der Waals surface area (Å²) in [7, 11) is 0. The van der Waals surface area contributed by atoms with E-state index in [-0.39, 0.29) is 29.4 Å². The molecule has 0 bridgehead atoms. The molecule has 0 aliphatic carbocycles. The number of piperidine rings is 1. The Balaban J connectivity index is 1.56. The van der Waals surface area contributed by atoms with Crippen LogP contribution in [0, 0.1) is 0 Å². The van der Waals surface area contributed by atoms with Crippen LogP contribution in [0.15, 0.2) is 55.4 Å². The zero-order valence-corrected chi connectivity index (χ0v) is 17.8. The molecule has 0 spiro atoms. The molecule has 33 heavy (non-hydrogen) atoms. The Morgan fingerprint density at radius 3 is 2.76 bits per heavy atom. The van der Waals surface area contributed by atoms with E-state index in [9.17, 15) is 9.59 Å². The second-order valence-corrected chi connectivity index (χ2v) is 7.45. The molecule has 1 aliphatic heterocycles. The third kappa shape index (κ3) is 5.26. The number of benzene rings is 1. The van der Waals surface area contributed by atoms with Crippen LogP contribution in [0.25, 0.3) is 11.4 Å². The van der Waals surface area contributed by atoms with E-state index < -0.39 is 5.91 Å². The highest BCUT2D eigenvalue weighted by Gasteiger charge is 2.23. The van der Waals surface area contributed by atoms with E-state index in [1.165, 1.54) is 6.08 Å². The van der Waals surface area contributed by atoms with Gasteiger partial charge in [0.15, 0.2) is 17.3 Å². The monoisotopic (exact) mass is 445 g/mol. The van der Waals surface area contributed by atoms with Crippen LogP contribution < -0.4 is 16.4 Å². The van der Waals surface area contributed by atoms with Crippen LogP contribution >= 0.6 is 0 Å². The number of carbonyl (C=O) groups excluding carboxylic acids is 2. The molecule has 1 unspecified atom stereocenters. The van der Waals surface area contributed by atoms with Crippen LogP contribution in [0.2, 0.25) is 0 Å². The summed E-state index contributed by atoms with van der Waals surface area (Å²) in [6.45, 7) is 4.71. The molecule has 1 aliphatic rings. The van der Waals surface area contributed by atoms with Gasteiger partial charge in [0.05, 0.1) is 0 Å². The van der Waals surface area contributed by atoms with Gasteiger partial charge in [-0.05, 0) is 37.1 Å². The number of nitrogens with one attached hydrogen (secondary N) is 2. The van der Waals surface area contributed by atoms with Gasteiger partial charge in [0.25, 0.3) is 5.91 Å². The first kappa shape index (κ1) is 21.8. The van der Waals surface area contributed by atoms with Crippen molar-refractivity contribution in [1.29, 1.82) is 0 Å². The number of primary amides is 1. The van der Waals surface area contributed by atoms with Crippen molar-refractivity contribution < 1.29 is 9.59 Å². The van der Waals surface area contributed by atoms with Gasteiger partial charge in [-0.3, -0.25) is 9.59 Å². The molecular formula is C22H23N9O2. The van der Waals surface area contributed by atoms with Crippen LogP contribution in [-0.2, 0) is 4.79 Å². The van der Waals surface area contributed by atoms with Gasteiger partial charge in [0, 0.05) is 42.8 Å². The fourth-order valence-electron chi connectivity index (χ4n) is 3.57. The average molecular weight is 445 g/mol. The quantitative estimate of drug-likeness (QED) is 0.462. The molecule has 3 heterocycles. The highest BCUT2D eigenvalue weighted by atomic mass is 16.2. The predicted octanol–water partition coefficient (Wildman–Crippen LogP) is 1.76. The molecule has 2 aromatic heterocycles. The van der Waals surface area contributed by atoms with Crippen molar-refractivity contribution in [3.8, 4) is 11.4 Å². The van der Waals surface area contributed by atoms with E-state index in [1.807, 2.05) is 24.3 Å². The molecule has 1 atom stereocenters. The van der Waals surface area contributed by atoms with Crippen molar-refractivity contribution in [2.45, 2.75) is 18.9 Å². The third-order valence-electron chi connectivity index (χ3n) is 5.11. The lowest BCUT2D eigenvalue weighted by molar-refractivity contribution is -0.127. The number of anilines is 3. The predicted molar refractivity (Wildman–Crippen MR) is 123 cm³/mol. The van der Waals surface area contributed by atoms with E-state index in [0.717, 1.165) is 18.4 Å². The zero-order valence-electron chi connectivity index (χ0n) is 17.8. The Hall–Kier alpha value is -4.41. The van der Waals surface area contributed by atoms with Crippen LogP contribution in [0.3, 0.4) is 0 Å². The van der Waals surface area contributed by atoms with Crippen molar-refractivity contribution in [1.82, 2.24) is 30.0 Å². The molecule has 168 valence electrons.